The number of carbonyl (C=O) groups is 1. The summed E-state index contributed by atoms with van der Waals surface area (Å²) in [5.41, 5.74) is 0. The van der Waals surface area contributed by atoms with Crippen LogP contribution in [0.3, 0.4) is 0 Å². The third-order valence-corrected chi connectivity index (χ3v) is 0.946. The van der Waals surface area contributed by atoms with Crippen LogP contribution in [0.25, 0.3) is 0 Å². The quantitative estimate of drug-likeness (QED) is 0.448. The van der Waals surface area contributed by atoms with Gasteiger partial charge in [0.15, 0.2) is 0 Å². The molecule has 0 radical (unpaired) electrons. The molecule has 0 aliphatic carbocycles. The molecule has 0 unspecified atom stereocenters. The Balaban J connectivity index is 2.30. The van der Waals surface area contributed by atoms with E-state index in [1.165, 1.54) is 0 Å². The lowest BCUT2D eigenvalue weighted by atomic mass is 10.7. The van der Waals surface area contributed by atoms with Crippen molar-refractivity contribution >= 4 is 5.97 Å². The summed E-state index contributed by atoms with van der Waals surface area (Å²) in [5, 5.41) is 0. The maximum absolute atomic E-state index is 10.5. The number of hydrogen-bond donors (Lipinski definition) is 0. The molecule has 0 amide bonds. The summed E-state index contributed by atoms with van der Waals surface area (Å²) in [6.07, 6.45) is 1.05. The Morgan fingerprint density at radius 3 is 3.00 bits per heavy atom. The number of carbonyl (C=O) groups excluding carboxylic acids is 1. The van der Waals surface area contributed by atoms with Gasteiger partial charge in [0.05, 0.1) is 6.61 Å². The first-order valence-corrected chi connectivity index (χ1v) is 3.17. The minimum Gasteiger partial charge on any atom is -0.460 e. The van der Waals surface area contributed by atoms with Gasteiger partial charge >= 0.3 is 17.9 Å². The van der Waals surface area contributed by atoms with Crippen LogP contribution in [0.1, 0.15) is 6.92 Å². The zero-order chi connectivity index (χ0) is 8.27. The minimum atomic E-state index is -0.547. The third-order valence-electron chi connectivity index (χ3n) is 0.946. The summed E-state index contributed by atoms with van der Waals surface area (Å²) >= 11 is 0. The monoisotopic (exact) mass is 156 g/mol. The molecule has 0 aromatic rings. The topological polar surface area (TPSA) is 48.1 Å². The van der Waals surface area contributed by atoms with Gasteiger partial charge < -0.3 is 14.2 Å². The van der Waals surface area contributed by atoms with Crippen LogP contribution in [0.5, 0.6) is 0 Å². The van der Waals surface area contributed by atoms with Crippen LogP contribution in [-0.2, 0) is 19.0 Å². The van der Waals surface area contributed by atoms with Crippen LogP contribution in [-0.4, -0.2) is 12.6 Å². The summed E-state index contributed by atoms with van der Waals surface area (Å²) in [5.74, 6) is -0.130. The number of hydrogen-bond acceptors (Lipinski definition) is 4. The molecule has 0 N–H and O–H groups in total. The van der Waals surface area contributed by atoms with E-state index in [1.807, 2.05) is 6.92 Å². The second-order valence-corrected chi connectivity index (χ2v) is 1.74. The van der Waals surface area contributed by atoms with Gasteiger partial charge in [-0.2, -0.15) is 0 Å². The highest BCUT2D eigenvalue weighted by molar-refractivity contribution is 5.82. The van der Waals surface area contributed by atoms with Crippen molar-refractivity contribution in [1.82, 2.24) is 0 Å². The van der Waals surface area contributed by atoms with E-state index in [0.717, 1.165) is 6.08 Å². The van der Waals surface area contributed by atoms with Gasteiger partial charge in [-0.3, -0.25) is 0 Å². The third kappa shape index (κ3) is 2.00. The standard InChI is InChI=1S/C7H8O4/c1-3-5(8)10-7-6(11-7)9-4-2/h3H,1,4H2,2H3. The van der Waals surface area contributed by atoms with Crippen molar-refractivity contribution in [2.75, 3.05) is 6.61 Å². The molecule has 1 aliphatic rings. The molecule has 1 rings (SSSR count). The van der Waals surface area contributed by atoms with Crippen molar-refractivity contribution in [1.29, 1.82) is 0 Å². The van der Waals surface area contributed by atoms with Gasteiger partial charge in [-0.15, -0.1) is 0 Å². The molecule has 0 aromatic heterocycles. The van der Waals surface area contributed by atoms with Crippen LogP contribution in [0.2, 0.25) is 0 Å². The van der Waals surface area contributed by atoms with Crippen molar-refractivity contribution in [3.63, 3.8) is 0 Å². The Hall–Kier alpha value is -1.45. The summed E-state index contributed by atoms with van der Waals surface area (Å²) in [4.78, 5) is 10.5. The highest BCUT2D eigenvalue weighted by atomic mass is 16.8. The smallest absolute Gasteiger partial charge is 0.381 e. The molecule has 0 aromatic carbocycles. The van der Waals surface area contributed by atoms with Crippen molar-refractivity contribution in [3.8, 4) is 0 Å². The van der Waals surface area contributed by atoms with Gasteiger partial charge in [0.2, 0.25) is 0 Å². The lowest BCUT2D eigenvalue weighted by molar-refractivity contribution is -0.135. The van der Waals surface area contributed by atoms with Crippen molar-refractivity contribution in [3.05, 3.63) is 24.5 Å². The summed E-state index contributed by atoms with van der Waals surface area (Å²) < 4.78 is 14.1. The molecule has 11 heavy (non-hydrogen) atoms. The fraction of sp³-hybridized carbons (Fsp3) is 0.286. The summed E-state index contributed by atoms with van der Waals surface area (Å²) in [6.45, 7) is 5.52. The first-order valence-electron chi connectivity index (χ1n) is 3.17. The van der Waals surface area contributed by atoms with Crippen LogP contribution in [0, 0.1) is 0 Å². The van der Waals surface area contributed by atoms with Gasteiger partial charge in [0.25, 0.3) is 0 Å². The maximum Gasteiger partial charge on any atom is 0.381 e. The Morgan fingerprint density at radius 1 is 1.73 bits per heavy atom. The van der Waals surface area contributed by atoms with Gasteiger partial charge in [-0.25, -0.2) is 4.79 Å². The van der Waals surface area contributed by atoms with E-state index in [1.54, 1.807) is 0 Å². The molecule has 0 saturated heterocycles. The van der Waals surface area contributed by atoms with Gasteiger partial charge in [0.1, 0.15) is 0 Å². The average Bonchev–Trinajstić information content (AvgIpc) is 2.69. The molecule has 0 saturated carbocycles. The molecule has 0 spiro atoms. The van der Waals surface area contributed by atoms with Crippen molar-refractivity contribution < 1.29 is 19.0 Å². The summed E-state index contributed by atoms with van der Waals surface area (Å²) in [7, 11) is 0. The predicted octanol–water partition coefficient (Wildman–Crippen LogP) is 0.909. The lowest BCUT2D eigenvalue weighted by Gasteiger charge is -1.85. The Morgan fingerprint density at radius 2 is 2.45 bits per heavy atom. The van der Waals surface area contributed by atoms with Crippen molar-refractivity contribution in [2.45, 2.75) is 6.92 Å². The van der Waals surface area contributed by atoms with Gasteiger partial charge in [-0.05, 0) is 6.92 Å². The largest absolute Gasteiger partial charge is 0.460 e. The van der Waals surface area contributed by atoms with E-state index >= 15 is 0 Å². The lowest BCUT2D eigenvalue weighted by Crippen LogP contribution is -1.93. The van der Waals surface area contributed by atoms with Crippen LogP contribution >= 0.6 is 0 Å². The first kappa shape index (κ1) is 7.65. The Labute approximate surface area is 64.0 Å². The Kier molecular flexibility index (Phi) is 2.15. The SMILES string of the molecule is C=CC(=O)OC1=C(OCC)O1. The minimum absolute atomic E-state index is 0.136. The van der Waals surface area contributed by atoms with Crippen LogP contribution in [0.4, 0.5) is 0 Å². The van der Waals surface area contributed by atoms with E-state index in [-0.39, 0.29) is 11.9 Å². The molecule has 60 valence electrons. The molecule has 0 bridgehead atoms. The van der Waals surface area contributed by atoms with Crippen molar-refractivity contribution in [2.24, 2.45) is 0 Å². The van der Waals surface area contributed by atoms with E-state index in [4.69, 9.17) is 4.74 Å². The second-order valence-electron chi connectivity index (χ2n) is 1.74. The van der Waals surface area contributed by atoms with E-state index in [0.29, 0.717) is 6.61 Å². The zero-order valence-electron chi connectivity index (χ0n) is 6.12. The predicted molar refractivity (Wildman–Crippen MR) is 36.0 cm³/mol. The molecule has 0 atom stereocenters. The molecule has 4 heteroatoms. The molecule has 1 aliphatic heterocycles. The first-order chi connectivity index (χ1) is 5.27. The molecule has 0 fully saturated rings. The Bertz CT molecular complexity index is 216. The fourth-order valence-corrected chi connectivity index (χ4v) is 0.474. The highest BCUT2D eigenvalue weighted by Crippen LogP contribution is 2.27. The van der Waals surface area contributed by atoms with E-state index < -0.39 is 5.97 Å². The van der Waals surface area contributed by atoms with Crippen LogP contribution < -0.4 is 0 Å². The fourth-order valence-electron chi connectivity index (χ4n) is 0.474. The molecule has 1 heterocycles. The normalized spacial score (nSPS) is 13.5. The highest BCUT2D eigenvalue weighted by Gasteiger charge is 2.32. The van der Waals surface area contributed by atoms with E-state index in [2.05, 4.69) is 16.1 Å². The number of rotatable bonds is 4. The van der Waals surface area contributed by atoms with Gasteiger partial charge in [-0.1, -0.05) is 6.58 Å². The molecular formula is C7H8O4. The second kappa shape index (κ2) is 3.09. The van der Waals surface area contributed by atoms with Gasteiger partial charge in [0, 0.05) is 6.08 Å². The van der Waals surface area contributed by atoms with E-state index in [9.17, 15) is 4.79 Å². The maximum atomic E-state index is 10.5. The molecule has 4 nitrogen and oxygen atoms in total. The number of ether oxygens (including phenoxy) is 3. The zero-order valence-corrected chi connectivity index (χ0v) is 6.12. The number of esters is 1. The average molecular weight is 156 g/mol. The molecular weight excluding hydrogens is 148 g/mol. The summed E-state index contributed by atoms with van der Waals surface area (Å²) in [6, 6.07) is 0. The van der Waals surface area contributed by atoms with Crippen LogP contribution in [0.15, 0.2) is 24.5 Å².